The van der Waals surface area contributed by atoms with E-state index in [-0.39, 0.29) is 15.8 Å². The van der Waals surface area contributed by atoms with Crippen molar-refractivity contribution >= 4 is 43.4 Å². The van der Waals surface area contributed by atoms with Crippen molar-refractivity contribution in [2.45, 2.75) is 0 Å². The number of anilines is 2. The summed E-state index contributed by atoms with van der Waals surface area (Å²) in [6, 6.07) is 4.20. The molecule has 0 aliphatic heterocycles. The predicted octanol–water partition coefficient (Wildman–Crippen LogP) is 3.18. The molecule has 1 aromatic heterocycles. The first-order chi connectivity index (χ1) is 8.08. The van der Waals surface area contributed by atoms with Crippen LogP contribution >= 0.6 is 31.9 Å². The highest BCUT2D eigenvalue weighted by atomic mass is 79.9. The van der Waals surface area contributed by atoms with Gasteiger partial charge in [0.1, 0.15) is 10.3 Å². The molecule has 17 heavy (non-hydrogen) atoms. The third-order valence-electron chi connectivity index (χ3n) is 1.98. The molecule has 88 valence electrons. The first-order valence-corrected chi connectivity index (χ1v) is 6.12. The van der Waals surface area contributed by atoms with Gasteiger partial charge in [0.25, 0.3) is 5.56 Å². The summed E-state index contributed by atoms with van der Waals surface area (Å²) in [5.74, 6) is -0.0586. The molecule has 4 nitrogen and oxygen atoms in total. The van der Waals surface area contributed by atoms with Crippen LogP contribution in [0.3, 0.4) is 0 Å². The Hall–Kier alpha value is -1.21. The summed E-state index contributed by atoms with van der Waals surface area (Å²) >= 11 is 6.38. The zero-order valence-electron chi connectivity index (χ0n) is 8.30. The number of benzene rings is 1. The van der Waals surface area contributed by atoms with Crippen LogP contribution in [0, 0.1) is 5.82 Å². The average Bonchev–Trinajstić information content (AvgIpc) is 2.30. The molecule has 0 saturated carbocycles. The maximum atomic E-state index is 13.1. The molecular weight excluding hydrogens is 357 g/mol. The van der Waals surface area contributed by atoms with E-state index in [0.29, 0.717) is 16.0 Å². The van der Waals surface area contributed by atoms with Gasteiger partial charge in [0, 0.05) is 4.47 Å². The number of hydrogen-bond acceptors (Lipinski definition) is 3. The number of rotatable bonds is 2. The summed E-state index contributed by atoms with van der Waals surface area (Å²) in [5.41, 5.74) is 0.179. The number of halogens is 3. The molecule has 2 rings (SSSR count). The van der Waals surface area contributed by atoms with Crippen LogP contribution in [0.2, 0.25) is 0 Å². The van der Waals surface area contributed by atoms with E-state index in [1.165, 1.54) is 18.5 Å². The summed E-state index contributed by atoms with van der Waals surface area (Å²) in [6.45, 7) is 0. The number of nitrogens with zero attached hydrogens (tertiary/aromatic N) is 1. The van der Waals surface area contributed by atoms with E-state index in [1.807, 2.05) is 0 Å². The van der Waals surface area contributed by atoms with E-state index in [4.69, 9.17) is 0 Å². The maximum absolute atomic E-state index is 13.1. The Kier molecular flexibility index (Phi) is 3.58. The number of aromatic amines is 1. The van der Waals surface area contributed by atoms with Crippen molar-refractivity contribution in [2.75, 3.05) is 5.32 Å². The van der Waals surface area contributed by atoms with Crippen molar-refractivity contribution in [1.29, 1.82) is 0 Å². The molecule has 2 N–H and O–H groups in total. The Labute approximate surface area is 113 Å². The highest BCUT2D eigenvalue weighted by molar-refractivity contribution is 9.11. The fourth-order valence-electron chi connectivity index (χ4n) is 1.19. The van der Waals surface area contributed by atoms with Crippen LogP contribution in [0.1, 0.15) is 0 Å². The lowest BCUT2D eigenvalue weighted by atomic mass is 10.3. The first kappa shape index (κ1) is 12.3. The molecule has 0 amide bonds. The smallest absolute Gasteiger partial charge is 0.267 e. The minimum absolute atomic E-state index is 0.260. The van der Waals surface area contributed by atoms with Crippen molar-refractivity contribution < 1.29 is 4.39 Å². The zero-order valence-corrected chi connectivity index (χ0v) is 11.5. The number of H-pyrrole nitrogens is 1. The highest BCUT2D eigenvalue weighted by Gasteiger charge is 2.08. The lowest BCUT2D eigenvalue weighted by Gasteiger charge is -2.08. The van der Waals surface area contributed by atoms with Gasteiger partial charge in [-0.15, -0.1) is 0 Å². The molecule has 0 bridgehead atoms. The summed E-state index contributed by atoms with van der Waals surface area (Å²) in [7, 11) is 0. The lowest BCUT2D eigenvalue weighted by molar-refractivity contribution is 0.628. The van der Waals surface area contributed by atoms with Crippen molar-refractivity contribution in [1.82, 2.24) is 9.97 Å². The molecule has 0 radical (unpaired) electrons. The fourth-order valence-corrected chi connectivity index (χ4v) is 1.85. The SMILES string of the molecule is O=c1[nH]cnc(Nc2cc(F)ccc2Br)c1Br. The van der Waals surface area contributed by atoms with Crippen LogP contribution in [0.25, 0.3) is 0 Å². The van der Waals surface area contributed by atoms with E-state index >= 15 is 0 Å². The quantitative estimate of drug-likeness (QED) is 0.862. The van der Waals surface area contributed by atoms with E-state index in [2.05, 4.69) is 47.1 Å². The highest BCUT2D eigenvalue weighted by Crippen LogP contribution is 2.27. The largest absolute Gasteiger partial charge is 0.338 e. The van der Waals surface area contributed by atoms with Crippen molar-refractivity contribution in [3.8, 4) is 0 Å². The molecule has 7 heteroatoms. The van der Waals surface area contributed by atoms with Crippen LogP contribution in [0.15, 0.2) is 38.3 Å². The summed E-state index contributed by atoms with van der Waals surface area (Å²) < 4.78 is 14.0. The molecule has 0 spiro atoms. The molecule has 0 saturated heterocycles. The minimum atomic E-state index is -0.378. The van der Waals surface area contributed by atoms with Gasteiger partial charge in [-0.2, -0.15) is 0 Å². The summed E-state index contributed by atoms with van der Waals surface area (Å²) in [5, 5.41) is 2.86. The zero-order chi connectivity index (χ0) is 12.4. The number of hydrogen-bond donors (Lipinski definition) is 2. The van der Waals surface area contributed by atoms with E-state index in [1.54, 1.807) is 6.07 Å². The Balaban J connectivity index is 2.41. The van der Waals surface area contributed by atoms with Gasteiger partial charge < -0.3 is 10.3 Å². The average molecular weight is 363 g/mol. The van der Waals surface area contributed by atoms with Gasteiger partial charge in [-0.1, -0.05) is 0 Å². The summed E-state index contributed by atoms with van der Waals surface area (Å²) in [6.07, 6.45) is 1.27. The normalized spacial score (nSPS) is 10.3. The molecule has 1 heterocycles. The second-order valence-corrected chi connectivity index (χ2v) is 4.79. The van der Waals surface area contributed by atoms with Crippen LogP contribution in [-0.2, 0) is 0 Å². The van der Waals surface area contributed by atoms with E-state index in [9.17, 15) is 9.18 Å². The second-order valence-electron chi connectivity index (χ2n) is 3.14. The summed E-state index contributed by atoms with van der Waals surface area (Å²) in [4.78, 5) is 17.7. The monoisotopic (exact) mass is 361 g/mol. The van der Waals surface area contributed by atoms with E-state index in [0.717, 1.165) is 0 Å². The minimum Gasteiger partial charge on any atom is -0.338 e. The molecule has 0 fully saturated rings. The van der Waals surface area contributed by atoms with Gasteiger partial charge in [-0.3, -0.25) is 4.79 Å². The molecule has 1 aromatic carbocycles. The Morgan fingerprint density at radius 2 is 2.12 bits per heavy atom. The van der Waals surface area contributed by atoms with Crippen LogP contribution < -0.4 is 10.9 Å². The van der Waals surface area contributed by atoms with Gasteiger partial charge in [0.2, 0.25) is 0 Å². The maximum Gasteiger partial charge on any atom is 0.267 e. The number of aromatic nitrogens is 2. The van der Waals surface area contributed by atoms with Gasteiger partial charge in [-0.05, 0) is 50.1 Å². The first-order valence-electron chi connectivity index (χ1n) is 4.53. The Morgan fingerprint density at radius 1 is 1.35 bits per heavy atom. The van der Waals surface area contributed by atoms with Gasteiger partial charge >= 0.3 is 0 Å². The van der Waals surface area contributed by atoms with Gasteiger partial charge in [0.15, 0.2) is 5.82 Å². The molecule has 0 unspecified atom stereocenters. The van der Waals surface area contributed by atoms with Crippen LogP contribution in [0.5, 0.6) is 0 Å². The molecular formula is C10H6Br2FN3O. The fraction of sp³-hybridized carbons (Fsp3) is 0. The topological polar surface area (TPSA) is 57.8 Å². The third kappa shape index (κ3) is 2.73. The van der Waals surface area contributed by atoms with Crippen LogP contribution in [0.4, 0.5) is 15.9 Å². The Morgan fingerprint density at radius 3 is 2.88 bits per heavy atom. The molecule has 0 aliphatic carbocycles. The molecule has 0 aliphatic rings. The standard InChI is InChI=1S/C10H6Br2FN3O/c11-6-2-1-5(13)3-7(6)16-9-8(12)10(17)15-4-14-9/h1-4H,(H2,14,15,16,17). The van der Waals surface area contributed by atoms with Crippen LogP contribution in [-0.4, -0.2) is 9.97 Å². The van der Waals surface area contributed by atoms with Crippen molar-refractivity contribution in [3.05, 3.63) is 49.6 Å². The molecule has 2 aromatic rings. The van der Waals surface area contributed by atoms with E-state index < -0.39 is 0 Å². The predicted molar refractivity (Wildman–Crippen MR) is 69.9 cm³/mol. The third-order valence-corrected chi connectivity index (χ3v) is 3.41. The number of nitrogens with one attached hydrogen (secondary N) is 2. The van der Waals surface area contributed by atoms with Gasteiger partial charge in [0.05, 0.1) is 12.0 Å². The van der Waals surface area contributed by atoms with Crippen molar-refractivity contribution in [2.24, 2.45) is 0 Å². The Bertz CT molecular complexity index is 615. The lowest BCUT2D eigenvalue weighted by Crippen LogP contribution is -2.10. The van der Waals surface area contributed by atoms with Crippen molar-refractivity contribution in [3.63, 3.8) is 0 Å². The second kappa shape index (κ2) is 4.97. The van der Waals surface area contributed by atoms with Gasteiger partial charge in [-0.25, -0.2) is 9.37 Å². The molecule has 0 atom stereocenters.